The first-order valence-electron chi connectivity index (χ1n) is 6.13. The summed E-state index contributed by atoms with van der Waals surface area (Å²) in [4.78, 5) is 2.21. The lowest BCUT2D eigenvalue weighted by atomic mass is 9.93. The van der Waals surface area contributed by atoms with E-state index in [1.165, 1.54) is 6.07 Å². The van der Waals surface area contributed by atoms with Crippen molar-refractivity contribution >= 4 is 0 Å². The zero-order chi connectivity index (χ0) is 12.5. The molecule has 0 radical (unpaired) electrons. The number of halogens is 1. The lowest BCUT2D eigenvalue weighted by Gasteiger charge is -2.22. The Balaban J connectivity index is 1.99. The van der Waals surface area contributed by atoms with E-state index in [4.69, 9.17) is 0 Å². The van der Waals surface area contributed by atoms with Crippen LogP contribution in [0.15, 0.2) is 24.3 Å². The second-order valence-electron chi connectivity index (χ2n) is 5.69. The molecule has 0 spiro atoms. The highest BCUT2D eigenvalue weighted by Crippen LogP contribution is 2.30. The zero-order valence-electron chi connectivity index (χ0n) is 10.5. The molecule has 0 aliphatic carbocycles. The largest absolute Gasteiger partial charge is 0.387 e. The molecule has 1 heterocycles. The highest BCUT2D eigenvalue weighted by atomic mass is 19.1. The van der Waals surface area contributed by atoms with E-state index in [0.717, 1.165) is 19.5 Å². The van der Waals surface area contributed by atoms with Crippen LogP contribution in [0.2, 0.25) is 0 Å². The number of hydrogen-bond donors (Lipinski definition) is 1. The van der Waals surface area contributed by atoms with Crippen LogP contribution in [0, 0.1) is 11.2 Å². The maximum atomic E-state index is 13.5. The summed E-state index contributed by atoms with van der Waals surface area (Å²) < 4.78 is 13.5. The molecule has 0 amide bonds. The number of nitrogens with zero attached hydrogens (tertiary/aromatic N) is 1. The first-order valence-corrected chi connectivity index (χ1v) is 6.13. The van der Waals surface area contributed by atoms with Crippen LogP contribution in [0.25, 0.3) is 0 Å². The molecule has 0 saturated carbocycles. The Hall–Kier alpha value is -0.930. The fraction of sp³-hybridized carbons (Fsp3) is 0.571. The van der Waals surface area contributed by atoms with Gasteiger partial charge >= 0.3 is 0 Å². The average Bonchev–Trinajstić information content (AvgIpc) is 2.58. The van der Waals surface area contributed by atoms with Crippen LogP contribution in [-0.2, 0) is 0 Å². The van der Waals surface area contributed by atoms with Gasteiger partial charge in [-0.15, -0.1) is 0 Å². The molecule has 2 nitrogen and oxygen atoms in total. The van der Waals surface area contributed by atoms with Crippen LogP contribution in [0.3, 0.4) is 0 Å². The molecule has 1 atom stereocenters. The number of β-amino-alcohol motifs (C(OH)–C–C–N with tert-alkyl or cyclic N) is 1. The Morgan fingerprint density at radius 1 is 1.41 bits per heavy atom. The van der Waals surface area contributed by atoms with Crippen molar-refractivity contribution in [1.29, 1.82) is 0 Å². The van der Waals surface area contributed by atoms with Crippen molar-refractivity contribution in [1.82, 2.24) is 4.90 Å². The number of aliphatic hydroxyl groups is 1. The van der Waals surface area contributed by atoms with Crippen molar-refractivity contribution in [2.24, 2.45) is 5.41 Å². The maximum absolute atomic E-state index is 13.5. The number of hydrogen-bond acceptors (Lipinski definition) is 2. The molecule has 94 valence electrons. The smallest absolute Gasteiger partial charge is 0.129 e. The molecule has 1 aliphatic rings. The van der Waals surface area contributed by atoms with Crippen LogP contribution in [0.4, 0.5) is 4.39 Å². The number of likely N-dealkylation sites (tertiary alicyclic amines) is 1. The molecule has 0 aromatic heterocycles. The van der Waals surface area contributed by atoms with Crippen LogP contribution in [0.1, 0.15) is 31.9 Å². The lowest BCUT2D eigenvalue weighted by Crippen LogP contribution is -2.28. The van der Waals surface area contributed by atoms with E-state index < -0.39 is 6.10 Å². The van der Waals surface area contributed by atoms with Gasteiger partial charge in [0.2, 0.25) is 0 Å². The van der Waals surface area contributed by atoms with Crippen molar-refractivity contribution < 1.29 is 9.50 Å². The van der Waals surface area contributed by atoms with Crippen molar-refractivity contribution in [2.45, 2.75) is 26.4 Å². The first-order chi connectivity index (χ1) is 7.98. The van der Waals surface area contributed by atoms with E-state index in [1.54, 1.807) is 18.2 Å². The molecular formula is C14H20FNO. The van der Waals surface area contributed by atoms with Gasteiger partial charge in [0.25, 0.3) is 0 Å². The van der Waals surface area contributed by atoms with E-state index in [9.17, 15) is 9.50 Å². The average molecular weight is 237 g/mol. The molecule has 17 heavy (non-hydrogen) atoms. The molecule has 1 N–H and O–H groups in total. The molecule has 1 unspecified atom stereocenters. The van der Waals surface area contributed by atoms with Gasteiger partial charge in [-0.1, -0.05) is 32.0 Å². The summed E-state index contributed by atoms with van der Waals surface area (Å²) in [6, 6.07) is 6.45. The topological polar surface area (TPSA) is 23.5 Å². The second kappa shape index (κ2) is 4.75. The summed E-state index contributed by atoms with van der Waals surface area (Å²) in [7, 11) is 0. The molecule has 1 aromatic rings. The van der Waals surface area contributed by atoms with Crippen LogP contribution in [0.5, 0.6) is 0 Å². The molecular weight excluding hydrogens is 217 g/mol. The van der Waals surface area contributed by atoms with Gasteiger partial charge in [-0.25, -0.2) is 4.39 Å². The zero-order valence-corrected chi connectivity index (χ0v) is 10.5. The van der Waals surface area contributed by atoms with Crippen molar-refractivity contribution in [2.75, 3.05) is 19.6 Å². The fourth-order valence-corrected chi connectivity index (χ4v) is 2.47. The van der Waals surface area contributed by atoms with E-state index >= 15 is 0 Å². The van der Waals surface area contributed by atoms with Crippen molar-refractivity contribution in [3.63, 3.8) is 0 Å². The van der Waals surface area contributed by atoms with Gasteiger partial charge < -0.3 is 5.11 Å². The van der Waals surface area contributed by atoms with Gasteiger partial charge in [-0.05, 0) is 24.4 Å². The fourth-order valence-electron chi connectivity index (χ4n) is 2.47. The summed E-state index contributed by atoms with van der Waals surface area (Å²) in [5, 5.41) is 10.1. The molecule has 1 aromatic carbocycles. The predicted octanol–water partition coefficient (Wildman–Crippen LogP) is 2.59. The molecule has 1 saturated heterocycles. The minimum Gasteiger partial charge on any atom is -0.387 e. The SMILES string of the molecule is CC1(C)CCN(CC(O)c2ccccc2F)C1. The highest BCUT2D eigenvalue weighted by Gasteiger charge is 2.30. The van der Waals surface area contributed by atoms with E-state index in [0.29, 0.717) is 17.5 Å². The molecule has 1 fully saturated rings. The van der Waals surface area contributed by atoms with Crippen molar-refractivity contribution in [3.05, 3.63) is 35.6 Å². The summed E-state index contributed by atoms with van der Waals surface area (Å²) >= 11 is 0. The molecule has 0 bridgehead atoms. The molecule has 3 heteroatoms. The van der Waals surface area contributed by atoms with Crippen molar-refractivity contribution in [3.8, 4) is 0 Å². The van der Waals surface area contributed by atoms with Gasteiger partial charge in [0, 0.05) is 18.7 Å². The van der Waals surface area contributed by atoms with E-state index in [2.05, 4.69) is 18.7 Å². The minimum absolute atomic E-state index is 0.314. The Labute approximate surface area is 102 Å². The third-order valence-corrected chi connectivity index (χ3v) is 3.45. The normalized spacial score (nSPS) is 21.6. The Bertz CT molecular complexity index is 392. The predicted molar refractivity (Wildman–Crippen MR) is 66.2 cm³/mol. The molecule has 1 aliphatic heterocycles. The maximum Gasteiger partial charge on any atom is 0.129 e. The Morgan fingerprint density at radius 3 is 2.71 bits per heavy atom. The third kappa shape index (κ3) is 3.05. The van der Waals surface area contributed by atoms with Gasteiger partial charge in [0.15, 0.2) is 0 Å². The first kappa shape index (κ1) is 12.5. The standard InChI is InChI=1S/C14H20FNO/c1-14(2)7-8-16(10-14)9-13(17)11-5-3-4-6-12(11)15/h3-6,13,17H,7-10H2,1-2H3. The van der Waals surface area contributed by atoms with E-state index in [-0.39, 0.29) is 5.82 Å². The second-order valence-corrected chi connectivity index (χ2v) is 5.69. The highest BCUT2D eigenvalue weighted by molar-refractivity contribution is 5.20. The summed E-state index contributed by atoms with van der Waals surface area (Å²) in [6.07, 6.45) is 0.405. The van der Waals surface area contributed by atoms with Gasteiger partial charge in [-0.3, -0.25) is 4.90 Å². The number of aliphatic hydroxyl groups excluding tert-OH is 1. The number of rotatable bonds is 3. The van der Waals surface area contributed by atoms with Crippen LogP contribution in [-0.4, -0.2) is 29.6 Å². The van der Waals surface area contributed by atoms with E-state index in [1.807, 2.05) is 0 Å². The minimum atomic E-state index is -0.731. The monoisotopic (exact) mass is 237 g/mol. The van der Waals surface area contributed by atoms with Crippen LogP contribution < -0.4 is 0 Å². The van der Waals surface area contributed by atoms with Gasteiger partial charge in [0.05, 0.1) is 6.10 Å². The Morgan fingerprint density at radius 2 is 2.12 bits per heavy atom. The quantitative estimate of drug-likeness (QED) is 0.873. The third-order valence-electron chi connectivity index (χ3n) is 3.45. The summed E-state index contributed by atoms with van der Waals surface area (Å²) in [5.41, 5.74) is 0.715. The summed E-state index contributed by atoms with van der Waals surface area (Å²) in [5.74, 6) is -0.321. The number of benzene rings is 1. The lowest BCUT2D eigenvalue weighted by molar-refractivity contribution is 0.117. The van der Waals surface area contributed by atoms with Crippen LogP contribution >= 0.6 is 0 Å². The summed E-state index contributed by atoms with van der Waals surface area (Å²) in [6.45, 7) is 6.92. The Kier molecular flexibility index (Phi) is 3.50. The molecule has 2 rings (SSSR count). The van der Waals surface area contributed by atoms with Gasteiger partial charge in [0.1, 0.15) is 5.82 Å². The van der Waals surface area contributed by atoms with Gasteiger partial charge in [-0.2, -0.15) is 0 Å².